The molecule has 1 N–H and O–H groups in total. The van der Waals surface area contributed by atoms with Crippen molar-refractivity contribution in [3.63, 3.8) is 0 Å². The Hall–Kier alpha value is -2.22. The fourth-order valence-electron chi connectivity index (χ4n) is 3.69. The van der Waals surface area contributed by atoms with Crippen molar-refractivity contribution in [3.05, 3.63) is 30.5 Å². The molecule has 4 rings (SSSR count). The van der Waals surface area contributed by atoms with Crippen molar-refractivity contribution >= 4 is 32.7 Å². The van der Waals surface area contributed by atoms with E-state index in [1.165, 1.54) is 0 Å². The number of nitrogens with zero attached hydrogens (tertiary/aromatic N) is 3. The molecule has 1 aromatic carbocycles. The SMILES string of the molecule is O=C(O)[C@]12CN(c3cnc4ccccc4n3)C[C@H]1CS(=O)(=O)C2. The molecule has 23 heavy (non-hydrogen) atoms. The van der Waals surface area contributed by atoms with E-state index in [1.807, 2.05) is 29.2 Å². The number of aromatic nitrogens is 2. The van der Waals surface area contributed by atoms with Gasteiger partial charge in [-0.1, -0.05) is 12.1 Å². The Bertz CT molecular complexity index is 914. The lowest BCUT2D eigenvalue weighted by molar-refractivity contribution is -0.147. The first-order chi connectivity index (χ1) is 10.9. The van der Waals surface area contributed by atoms with Crippen LogP contribution in [0.25, 0.3) is 11.0 Å². The van der Waals surface area contributed by atoms with E-state index < -0.39 is 27.1 Å². The van der Waals surface area contributed by atoms with Crippen LogP contribution >= 0.6 is 0 Å². The van der Waals surface area contributed by atoms with Gasteiger partial charge in [-0.05, 0) is 12.1 Å². The predicted octanol–water partition coefficient (Wildman–Crippen LogP) is 0.565. The van der Waals surface area contributed by atoms with Crippen LogP contribution in [0.5, 0.6) is 0 Å². The summed E-state index contributed by atoms with van der Waals surface area (Å²) in [4.78, 5) is 22.5. The maximum absolute atomic E-state index is 11.9. The summed E-state index contributed by atoms with van der Waals surface area (Å²) >= 11 is 0. The molecule has 3 heterocycles. The average Bonchev–Trinajstić information content (AvgIpc) is 2.97. The first-order valence-corrected chi connectivity index (χ1v) is 9.12. The quantitative estimate of drug-likeness (QED) is 0.857. The monoisotopic (exact) mass is 333 g/mol. The first-order valence-electron chi connectivity index (χ1n) is 7.30. The van der Waals surface area contributed by atoms with Gasteiger partial charge in [-0.15, -0.1) is 0 Å². The fourth-order valence-corrected chi connectivity index (χ4v) is 6.08. The van der Waals surface area contributed by atoms with Gasteiger partial charge in [0.2, 0.25) is 0 Å². The molecule has 2 fully saturated rings. The summed E-state index contributed by atoms with van der Waals surface area (Å²) in [5.74, 6) is -1.22. The van der Waals surface area contributed by atoms with Gasteiger partial charge in [-0.25, -0.2) is 13.4 Å². The fraction of sp³-hybridized carbons (Fsp3) is 0.400. The van der Waals surface area contributed by atoms with E-state index in [1.54, 1.807) is 6.20 Å². The van der Waals surface area contributed by atoms with Crippen molar-refractivity contribution in [3.8, 4) is 0 Å². The molecule has 0 aliphatic carbocycles. The number of anilines is 1. The molecule has 0 radical (unpaired) electrons. The van der Waals surface area contributed by atoms with Crippen LogP contribution in [0.15, 0.2) is 30.5 Å². The van der Waals surface area contributed by atoms with Crippen LogP contribution in [-0.2, 0) is 14.6 Å². The van der Waals surface area contributed by atoms with Crippen molar-refractivity contribution in [2.24, 2.45) is 11.3 Å². The lowest BCUT2D eigenvalue weighted by Crippen LogP contribution is -2.39. The average molecular weight is 333 g/mol. The molecule has 120 valence electrons. The highest BCUT2D eigenvalue weighted by Crippen LogP contribution is 2.45. The summed E-state index contributed by atoms with van der Waals surface area (Å²) in [7, 11) is -3.29. The number of benzene rings is 1. The Morgan fingerprint density at radius 3 is 2.74 bits per heavy atom. The molecule has 2 saturated heterocycles. The summed E-state index contributed by atoms with van der Waals surface area (Å²) < 4.78 is 23.7. The number of carboxylic acid groups (broad SMARTS) is 1. The third kappa shape index (κ3) is 2.16. The molecule has 1 aromatic heterocycles. The van der Waals surface area contributed by atoms with Crippen molar-refractivity contribution in [2.75, 3.05) is 29.5 Å². The molecule has 2 aliphatic rings. The van der Waals surface area contributed by atoms with Gasteiger partial charge in [0.1, 0.15) is 11.2 Å². The first kappa shape index (κ1) is 14.4. The van der Waals surface area contributed by atoms with E-state index in [0.717, 1.165) is 11.0 Å². The largest absolute Gasteiger partial charge is 0.481 e. The molecule has 2 atom stereocenters. The van der Waals surface area contributed by atoms with Crippen LogP contribution in [0.2, 0.25) is 0 Å². The Kier molecular flexibility index (Phi) is 2.90. The van der Waals surface area contributed by atoms with Crippen LogP contribution in [0.4, 0.5) is 5.82 Å². The molecule has 0 saturated carbocycles. The highest BCUT2D eigenvalue weighted by atomic mass is 32.2. The van der Waals surface area contributed by atoms with Crippen LogP contribution in [0, 0.1) is 11.3 Å². The van der Waals surface area contributed by atoms with Crippen LogP contribution in [0.3, 0.4) is 0 Å². The topological polar surface area (TPSA) is 100 Å². The van der Waals surface area contributed by atoms with Crippen LogP contribution in [-0.4, -0.2) is 54.1 Å². The number of carbonyl (C=O) groups is 1. The van der Waals surface area contributed by atoms with E-state index in [9.17, 15) is 18.3 Å². The zero-order valence-electron chi connectivity index (χ0n) is 12.2. The number of sulfone groups is 1. The summed E-state index contributed by atoms with van der Waals surface area (Å²) in [6.07, 6.45) is 1.62. The molecule has 2 aromatic rings. The number of aliphatic carboxylic acids is 1. The highest BCUT2D eigenvalue weighted by Gasteiger charge is 2.60. The van der Waals surface area contributed by atoms with Crippen LogP contribution in [0.1, 0.15) is 0 Å². The van der Waals surface area contributed by atoms with Gasteiger partial charge in [0.05, 0.1) is 28.7 Å². The second-order valence-corrected chi connectivity index (χ2v) is 8.42. The third-order valence-corrected chi connectivity index (χ3v) is 6.68. The lowest BCUT2D eigenvalue weighted by atomic mass is 9.81. The third-order valence-electron chi connectivity index (χ3n) is 4.81. The Balaban J connectivity index is 1.71. The van der Waals surface area contributed by atoms with Crippen molar-refractivity contribution in [2.45, 2.75) is 0 Å². The number of rotatable bonds is 2. The van der Waals surface area contributed by atoms with E-state index in [0.29, 0.717) is 12.4 Å². The van der Waals surface area contributed by atoms with E-state index in [4.69, 9.17) is 0 Å². The lowest BCUT2D eigenvalue weighted by Gasteiger charge is -2.22. The minimum atomic E-state index is -3.29. The summed E-state index contributed by atoms with van der Waals surface area (Å²) in [6, 6.07) is 7.45. The van der Waals surface area contributed by atoms with E-state index in [-0.39, 0.29) is 18.1 Å². The van der Waals surface area contributed by atoms with Gasteiger partial charge in [-0.2, -0.15) is 0 Å². The Morgan fingerprint density at radius 1 is 1.30 bits per heavy atom. The summed E-state index contributed by atoms with van der Waals surface area (Å²) in [5, 5.41) is 9.62. The maximum atomic E-state index is 11.9. The summed E-state index contributed by atoms with van der Waals surface area (Å²) in [6.45, 7) is 0.526. The van der Waals surface area contributed by atoms with Crippen molar-refractivity contribution < 1.29 is 18.3 Å². The molecular formula is C15H15N3O4S. The van der Waals surface area contributed by atoms with E-state index >= 15 is 0 Å². The minimum absolute atomic E-state index is 0.0726. The van der Waals surface area contributed by atoms with Crippen molar-refractivity contribution in [1.29, 1.82) is 0 Å². The van der Waals surface area contributed by atoms with Crippen molar-refractivity contribution in [1.82, 2.24) is 9.97 Å². The summed E-state index contributed by atoms with van der Waals surface area (Å²) in [5.41, 5.74) is 0.275. The zero-order valence-corrected chi connectivity index (χ0v) is 13.0. The Labute approximate surface area is 132 Å². The molecule has 0 unspecified atom stereocenters. The maximum Gasteiger partial charge on any atom is 0.312 e. The van der Waals surface area contributed by atoms with Crippen LogP contribution < -0.4 is 4.90 Å². The molecule has 2 aliphatic heterocycles. The number of hydrogen-bond donors (Lipinski definition) is 1. The van der Waals surface area contributed by atoms with Gasteiger partial charge in [0, 0.05) is 19.0 Å². The number of hydrogen-bond acceptors (Lipinski definition) is 6. The molecule has 0 spiro atoms. The van der Waals surface area contributed by atoms with Gasteiger partial charge < -0.3 is 10.0 Å². The predicted molar refractivity (Wildman–Crippen MR) is 84.0 cm³/mol. The molecule has 0 amide bonds. The van der Waals surface area contributed by atoms with Gasteiger partial charge in [0.25, 0.3) is 0 Å². The van der Waals surface area contributed by atoms with Gasteiger partial charge in [-0.3, -0.25) is 9.78 Å². The smallest absolute Gasteiger partial charge is 0.312 e. The van der Waals surface area contributed by atoms with E-state index in [2.05, 4.69) is 9.97 Å². The Morgan fingerprint density at radius 2 is 2.04 bits per heavy atom. The number of fused-ring (bicyclic) bond motifs is 2. The number of para-hydroxylation sites is 2. The normalized spacial score (nSPS) is 28.9. The van der Waals surface area contributed by atoms with Gasteiger partial charge >= 0.3 is 5.97 Å². The minimum Gasteiger partial charge on any atom is -0.481 e. The standard InChI is InChI=1S/C15H15N3O4S/c19-14(20)15-8-18(6-10(15)7-23(21,22)9-15)13-5-16-11-3-1-2-4-12(11)17-13/h1-5,10H,6-9H2,(H,19,20)/t10-,15-/m0/s1. The van der Waals surface area contributed by atoms with Gasteiger partial charge in [0.15, 0.2) is 9.84 Å². The second-order valence-electron chi connectivity index (χ2n) is 6.31. The molecular weight excluding hydrogens is 318 g/mol. The second kappa shape index (κ2) is 4.64. The molecule has 8 heteroatoms. The highest BCUT2D eigenvalue weighted by molar-refractivity contribution is 7.91. The molecule has 7 nitrogen and oxygen atoms in total. The molecule has 0 bridgehead atoms. The number of carboxylic acids is 1. The zero-order chi connectivity index (χ0) is 16.2.